The number of aliphatic hydroxyl groups is 1. The number of fused-ring (bicyclic) bond motifs is 2. The van der Waals surface area contributed by atoms with Crippen molar-refractivity contribution in [2.24, 2.45) is 5.92 Å². The molecule has 5 atom stereocenters. The molecule has 2 fully saturated rings. The van der Waals surface area contributed by atoms with E-state index in [1.165, 1.54) is 10.9 Å². The molecule has 2 aliphatic heterocycles. The highest BCUT2D eigenvalue weighted by atomic mass is 127. The summed E-state index contributed by atoms with van der Waals surface area (Å²) in [6, 6.07) is 0. The van der Waals surface area contributed by atoms with Crippen LogP contribution < -0.4 is 10.1 Å². The van der Waals surface area contributed by atoms with Crippen LogP contribution in [0.4, 0.5) is 5.95 Å². The number of carbonyl (C=O) groups excluding carboxylic acids is 1. The molecular formula is C21H29IN5O7PSSi. The van der Waals surface area contributed by atoms with Crippen LogP contribution in [-0.2, 0) is 27.6 Å². The quantitative estimate of drug-likeness (QED) is 0.209. The highest BCUT2D eigenvalue weighted by Crippen LogP contribution is 2.45. The van der Waals surface area contributed by atoms with Crippen molar-refractivity contribution in [3.63, 3.8) is 0 Å². The summed E-state index contributed by atoms with van der Waals surface area (Å²) >= 11 is 1.89. The summed E-state index contributed by atoms with van der Waals surface area (Å²) in [6.45, 7) is 11.7. The lowest BCUT2D eigenvalue weighted by atomic mass is 9.95. The van der Waals surface area contributed by atoms with E-state index in [1.807, 2.05) is 41.7 Å². The van der Waals surface area contributed by atoms with Crippen molar-refractivity contribution in [2.45, 2.75) is 64.4 Å². The smallest absolute Gasteiger partial charge is 0.247 e. The second kappa shape index (κ2) is 10.6. The van der Waals surface area contributed by atoms with Crippen LogP contribution in [0.25, 0.3) is 11.2 Å². The third kappa shape index (κ3) is 5.81. The van der Waals surface area contributed by atoms with E-state index in [4.69, 9.17) is 17.8 Å². The first-order valence-corrected chi connectivity index (χ1v) is 20.8. The molecule has 0 bridgehead atoms. The molecule has 37 heavy (non-hydrogen) atoms. The minimum atomic E-state index is -3.14. The molecule has 0 aromatic carbocycles. The van der Waals surface area contributed by atoms with Crippen LogP contribution in [0.15, 0.2) is 6.33 Å². The van der Waals surface area contributed by atoms with Crippen LogP contribution in [-0.4, -0.2) is 73.8 Å². The average Bonchev–Trinajstić information content (AvgIpc) is 3.36. The Hall–Kier alpha value is -1.38. The fourth-order valence-electron chi connectivity index (χ4n) is 3.68. The third-order valence-corrected chi connectivity index (χ3v) is 12.8. The molecule has 2 aromatic heterocycles. The van der Waals surface area contributed by atoms with Gasteiger partial charge in [0.2, 0.25) is 33.0 Å². The number of rotatable bonds is 5. The molecule has 12 nitrogen and oxygen atoms in total. The van der Waals surface area contributed by atoms with Crippen molar-refractivity contribution >= 4 is 67.8 Å². The van der Waals surface area contributed by atoms with Crippen LogP contribution >= 0.6 is 27.0 Å². The lowest BCUT2D eigenvalue weighted by Crippen LogP contribution is -2.51. The minimum absolute atomic E-state index is 0.0230. The van der Waals surface area contributed by atoms with Crippen LogP contribution in [0.1, 0.15) is 27.0 Å². The molecule has 0 aliphatic carbocycles. The number of imidazole rings is 1. The Morgan fingerprint density at radius 1 is 1.46 bits per heavy atom. The zero-order chi connectivity index (χ0) is 27.2. The molecule has 1 unspecified atom stereocenters. The number of halogens is 1. The maximum absolute atomic E-state index is 13.0. The van der Waals surface area contributed by atoms with E-state index in [0.29, 0.717) is 17.1 Å². The van der Waals surface area contributed by atoms with Gasteiger partial charge in [0.1, 0.15) is 20.3 Å². The molecule has 2 aliphatic rings. The number of hydrogen-bond donors (Lipinski definition) is 2. The van der Waals surface area contributed by atoms with Crippen molar-refractivity contribution in [1.82, 2.24) is 19.5 Å². The van der Waals surface area contributed by atoms with Gasteiger partial charge in [0, 0.05) is 5.92 Å². The van der Waals surface area contributed by atoms with E-state index in [-0.39, 0.29) is 35.9 Å². The van der Waals surface area contributed by atoms with Crippen molar-refractivity contribution in [2.75, 3.05) is 18.5 Å². The zero-order valence-electron chi connectivity index (χ0n) is 21.2. The molecule has 4 heterocycles. The van der Waals surface area contributed by atoms with E-state index in [0.717, 1.165) is 0 Å². The van der Waals surface area contributed by atoms with Gasteiger partial charge >= 0.3 is 0 Å². The van der Waals surface area contributed by atoms with Crippen LogP contribution in [0.2, 0.25) is 19.6 Å². The van der Waals surface area contributed by atoms with Gasteiger partial charge in [-0.3, -0.25) is 23.0 Å². The lowest BCUT2D eigenvalue weighted by Gasteiger charge is -2.32. The van der Waals surface area contributed by atoms with Gasteiger partial charge in [0.25, 0.3) is 0 Å². The zero-order valence-corrected chi connectivity index (χ0v) is 26.1. The van der Waals surface area contributed by atoms with E-state index < -0.39 is 41.8 Å². The van der Waals surface area contributed by atoms with Crippen LogP contribution in [0.5, 0.6) is 5.88 Å². The second-order valence-corrected chi connectivity index (χ2v) is 21.4. The Morgan fingerprint density at radius 2 is 2.19 bits per heavy atom. The van der Waals surface area contributed by atoms with Crippen molar-refractivity contribution in [1.29, 1.82) is 0 Å². The number of ether oxygens (including phenoxy) is 2. The SMILES string of the molecule is CCOc1nc(NC(=O)C(C)C)nc2c1ncn2[C@@H]1O[C@@H]2COS(=O)(=PI)O[C@H]2[C@@]1(O)C#C[Si](C)(C)C. The van der Waals surface area contributed by atoms with Crippen molar-refractivity contribution in [3.8, 4) is 17.3 Å². The van der Waals surface area contributed by atoms with Gasteiger partial charge in [-0.25, -0.2) is 9.19 Å². The topological polar surface area (TPSA) is 147 Å². The maximum atomic E-state index is 13.0. The van der Waals surface area contributed by atoms with Gasteiger partial charge in [-0.2, -0.15) is 9.97 Å². The molecule has 0 spiro atoms. The van der Waals surface area contributed by atoms with E-state index in [9.17, 15) is 14.1 Å². The predicted octanol–water partition coefficient (Wildman–Crippen LogP) is 3.07. The molecular weight excluding hydrogens is 652 g/mol. The summed E-state index contributed by atoms with van der Waals surface area (Å²) in [4.78, 5) is 25.9. The van der Waals surface area contributed by atoms with Gasteiger partial charge < -0.3 is 14.6 Å². The molecule has 4 rings (SSSR count). The Morgan fingerprint density at radius 3 is 2.81 bits per heavy atom. The fraction of sp³-hybridized carbons (Fsp3) is 0.619. The standard InChI is InChI=1S/C21H29IN5O7PSSi/c1-7-31-18-14-16(24-20(26-18)25-17(28)12(2)3)27(11-23-14)19-21(29,8-9-37(4,5)6)15-13(33-19)10-32-36(30,34-15)35-22/h11-13,15,19,29H,7,10H2,1-6H3,(H,24,25,26,28)/t13-,15-,19-,21+,36?/m1/s1. The highest BCUT2D eigenvalue weighted by molar-refractivity contribution is 14.2. The summed E-state index contributed by atoms with van der Waals surface area (Å²) in [5.74, 6) is 2.62. The van der Waals surface area contributed by atoms with Crippen molar-refractivity contribution < 1.29 is 31.9 Å². The van der Waals surface area contributed by atoms with Gasteiger partial charge in [0.15, 0.2) is 17.4 Å². The molecule has 0 radical (unpaired) electrons. The summed E-state index contributed by atoms with van der Waals surface area (Å²) < 4.78 is 37.6. The maximum Gasteiger partial charge on any atom is 0.247 e. The number of hydrogen-bond acceptors (Lipinski definition) is 10. The summed E-state index contributed by atoms with van der Waals surface area (Å²) in [6.07, 6.45) is -1.49. The highest BCUT2D eigenvalue weighted by Gasteiger charge is 2.60. The average molecular weight is 682 g/mol. The third-order valence-electron chi connectivity index (χ3n) is 5.46. The normalized spacial score (nSPS) is 29.7. The second-order valence-electron chi connectivity index (χ2n) is 9.90. The summed E-state index contributed by atoms with van der Waals surface area (Å²) in [5, 5.41) is 14.7. The predicted molar refractivity (Wildman–Crippen MR) is 150 cm³/mol. The van der Waals surface area contributed by atoms with Gasteiger partial charge in [-0.15, -0.1) is 5.54 Å². The number of anilines is 1. The molecule has 2 saturated heterocycles. The number of nitrogens with one attached hydrogen (secondary N) is 1. The van der Waals surface area contributed by atoms with E-state index >= 15 is 0 Å². The molecule has 16 heteroatoms. The van der Waals surface area contributed by atoms with Gasteiger partial charge in [0.05, 0.1) is 24.5 Å². The Kier molecular flexibility index (Phi) is 8.24. The molecule has 1 amide bonds. The van der Waals surface area contributed by atoms with Crippen LogP contribution in [0, 0.1) is 17.4 Å². The first-order chi connectivity index (χ1) is 17.3. The van der Waals surface area contributed by atoms with E-state index in [1.54, 1.807) is 20.8 Å². The Bertz CT molecular complexity index is 1400. The number of carbonyl (C=O) groups is 1. The molecule has 2 N–H and O–H groups in total. The molecule has 2 aromatic rings. The van der Waals surface area contributed by atoms with Crippen LogP contribution in [0.3, 0.4) is 0 Å². The van der Waals surface area contributed by atoms with Gasteiger partial charge in [-0.05, 0) is 29.0 Å². The largest absolute Gasteiger partial charge is 0.476 e. The number of aromatic nitrogens is 4. The molecule has 202 valence electrons. The first-order valence-electron chi connectivity index (χ1n) is 11.6. The Labute approximate surface area is 231 Å². The Balaban J connectivity index is 1.87. The first kappa shape index (κ1) is 28.6. The fourth-order valence-corrected chi connectivity index (χ4v) is 7.76. The summed E-state index contributed by atoms with van der Waals surface area (Å²) in [5.41, 5.74) is 1.87. The molecule has 0 saturated carbocycles. The van der Waals surface area contributed by atoms with Gasteiger partial charge in [-0.1, -0.05) is 39.4 Å². The van der Waals surface area contributed by atoms with E-state index in [2.05, 4.69) is 31.7 Å². The number of amides is 1. The monoisotopic (exact) mass is 681 g/mol. The summed E-state index contributed by atoms with van der Waals surface area (Å²) in [7, 11) is -5.09. The van der Waals surface area contributed by atoms with Crippen molar-refractivity contribution in [3.05, 3.63) is 6.33 Å². The minimum Gasteiger partial charge on any atom is -0.476 e. The lowest BCUT2D eigenvalue weighted by molar-refractivity contribution is -0.118. The number of nitrogens with zero attached hydrogens (tertiary/aromatic N) is 4.